The molecule has 0 radical (unpaired) electrons. The van der Waals surface area contributed by atoms with Crippen LogP contribution in [0, 0.1) is 18.3 Å². The average Bonchev–Trinajstić information content (AvgIpc) is 2.34. The van der Waals surface area contributed by atoms with Crippen LogP contribution in [0.3, 0.4) is 0 Å². The maximum Gasteiger partial charge on any atom is 0.193 e. The summed E-state index contributed by atoms with van der Waals surface area (Å²) in [6.45, 7) is 1.92. The van der Waals surface area contributed by atoms with Crippen molar-refractivity contribution in [3.63, 3.8) is 0 Å². The lowest BCUT2D eigenvalue weighted by Crippen LogP contribution is -1.95. The van der Waals surface area contributed by atoms with Gasteiger partial charge in [-0.05, 0) is 36.4 Å². The van der Waals surface area contributed by atoms with Crippen molar-refractivity contribution in [2.75, 3.05) is 5.73 Å². The molecule has 0 aliphatic rings. The number of nitrogens with zero attached hydrogens (tertiary/aromatic N) is 4. The van der Waals surface area contributed by atoms with E-state index in [1.54, 1.807) is 24.5 Å². The Hall–Kier alpha value is -2.13. The number of rotatable bonds is 2. The van der Waals surface area contributed by atoms with Crippen molar-refractivity contribution in [2.45, 2.75) is 17.1 Å². The molecular weight excluding hydrogens is 234 g/mol. The second-order valence-corrected chi connectivity index (χ2v) is 4.33. The Morgan fingerprint density at radius 2 is 2.00 bits per heavy atom. The third kappa shape index (κ3) is 2.71. The van der Waals surface area contributed by atoms with Crippen LogP contribution in [0.4, 0.5) is 5.69 Å². The van der Waals surface area contributed by atoms with Crippen LogP contribution in [-0.2, 0) is 0 Å². The summed E-state index contributed by atoms with van der Waals surface area (Å²) in [5.74, 6) is 0. The van der Waals surface area contributed by atoms with Gasteiger partial charge in [0.2, 0.25) is 0 Å². The number of hydrogen-bond donors (Lipinski definition) is 1. The number of pyridine rings is 1. The predicted octanol–water partition coefficient (Wildman–Crippen LogP) is 1.79. The molecule has 2 N–H and O–H groups in total. The minimum absolute atomic E-state index is 0.224. The standard InChI is InChI=1S/C11H9N5S/c1-7-5-14-11(15-6-7)17-10-3-2-8(13)9(4-12)16-10/h2-3,5-6H,13H2,1H3. The van der Waals surface area contributed by atoms with Crippen molar-refractivity contribution in [3.8, 4) is 6.07 Å². The molecular formula is C11H9N5S. The van der Waals surface area contributed by atoms with Crippen LogP contribution < -0.4 is 5.73 Å². The Balaban J connectivity index is 2.25. The van der Waals surface area contributed by atoms with Gasteiger partial charge in [0, 0.05) is 12.4 Å². The van der Waals surface area contributed by atoms with Crippen LogP contribution in [-0.4, -0.2) is 15.0 Å². The highest BCUT2D eigenvalue weighted by Gasteiger charge is 2.05. The summed E-state index contributed by atoms with van der Waals surface area (Å²) in [6, 6.07) is 5.34. The van der Waals surface area contributed by atoms with Crippen LogP contribution >= 0.6 is 11.8 Å². The van der Waals surface area contributed by atoms with Crippen LogP contribution in [0.15, 0.2) is 34.7 Å². The van der Waals surface area contributed by atoms with Crippen LogP contribution in [0.25, 0.3) is 0 Å². The number of hydrogen-bond acceptors (Lipinski definition) is 6. The van der Waals surface area contributed by atoms with E-state index in [1.807, 2.05) is 13.0 Å². The van der Waals surface area contributed by atoms with Gasteiger partial charge in [-0.15, -0.1) is 0 Å². The minimum Gasteiger partial charge on any atom is -0.396 e. The summed E-state index contributed by atoms with van der Waals surface area (Å²) >= 11 is 1.29. The number of nitrogen functional groups attached to an aromatic ring is 1. The molecule has 0 fully saturated rings. The fraction of sp³-hybridized carbons (Fsp3) is 0.0909. The van der Waals surface area contributed by atoms with Gasteiger partial charge in [-0.2, -0.15) is 5.26 Å². The molecule has 84 valence electrons. The summed E-state index contributed by atoms with van der Waals surface area (Å²) < 4.78 is 0. The van der Waals surface area contributed by atoms with E-state index in [0.717, 1.165) is 5.56 Å². The lowest BCUT2D eigenvalue weighted by atomic mass is 10.3. The minimum atomic E-state index is 0.224. The topological polar surface area (TPSA) is 88.5 Å². The third-order valence-corrected chi connectivity index (χ3v) is 2.79. The molecule has 2 heterocycles. The van der Waals surface area contributed by atoms with E-state index in [0.29, 0.717) is 15.9 Å². The first kappa shape index (κ1) is 11.4. The zero-order chi connectivity index (χ0) is 12.3. The van der Waals surface area contributed by atoms with E-state index in [4.69, 9.17) is 11.0 Å². The van der Waals surface area contributed by atoms with Gasteiger partial charge in [0.25, 0.3) is 0 Å². The molecule has 2 rings (SSSR count). The molecule has 0 bridgehead atoms. The lowest BCUT2D eigenvalue weighted by Gasteiger charge is -2.01. The summed E-state index contributed by atoms with van der Waals surface area (Å²) in [4.78, 5) is 12.4. The Kier molecular flexibility index (Phi) is 3.21. The van der Waals surface area contributed by atoms with Crippen molar-refractivity contribution >= 4 is 17.4 Å². The van der Waals surface area contributed by atoms with Crippen LogP contribution in [0.1, 0.15) is 11.3 Å². The summed E-state index contributed by atoms with van der Waals surface area (Å²) in [5, 5.41) is 10.1. The van der Waals surface area contributed by atoms with Gasteiger partial charge < -0.3 is 5.73 Å². The van der Waals surface area contributed by atoms with E-state index >= 15 is 0 Å². The van der Waals surface area contributed by atoms with Crippen molar-refractivity contribution in [3.05, 3.63) is 35.8 Å². The lowest BCUT2D eigenvalue weighted by molar-refractivity contribution is 0.944. The van der Waals surface area contributed by atoms with Gasteiger partial charge in [-0.1, -0.05) is 0 Å². The van der Waals surface area contributed by atoms with Crippen molar-refractivity contribution in [2.24, 2.45) is 0 Å². The first-order valence-electron chi connectivity index (χ1n) is 4.82. The van der Waals surface area contributed by atoms with Gasteiger partial charge in [0.05, 0.1) is 5.69 Å². The summed E-state index contributed by atoms with van der Waals surface area (Å²) in [7, 11) is 0. The second-order valence-electron chi connectivity index (χ2n) is 3.34. The molecule has 2 aromatic rings. The normalized spacial score (nSPS) is 9.88. The SMILES string of the molecule is Cc1cnc(Sc2ccc(N)c(C#N)n2)nc1. The van der Waals surface area contributed by atoms with Crippen molar-refractivity contribution in [1.82, 2.24) is 15.0 Å². The quantitative estimate of drug-likeness (QED) is 0.809. The molecule has 0 aliphatic heterocycles. The van der Waals surface area contributed by atoms with E-state index < -0.39 is 0 Å². The molecule has 0 aliphatic carbocycles. The van der Waals surface area contributed by atoms with Gasteiger partial charge in [-0.3, -0.25) is 0 Å². The van der Waals surface area contributed by atoms with E-state index in [9.17, 15) is 0 Å². The zero-order valence-electron chi connectivity index (χ0n) is 9.08. The first-order chi connectivity index (χ1) is 8.19. The number of aryl methyl sites for hydroxylation is 1. The van der Waals surface area contributed by atoms with Gasteiger partial charge in [0.1, 0.15) is 11.1 Å². The number of nitrogens with two attached hydrogens (primary N) is 1. The maximum atomic E-state index is 8.81. The molecule has 0 saturated carbocycles. The Morgan fingerprint density at radius 1 is 1.29 bits per heavy atom. The molecule has 0 atom stereocenters. The fourth-order valence-electron chi connectivity index (χ4n) is 1.13. The van der Waals surface area contributed by atoms with Gasteiger partial charge in [0.15, 0.2) is 10.9 Å². The van der Waals surface area contributed by atoms with E-state index in [1.165, 1.54) is 11.8 Å². The van der Waals surface area contributed by atoms with Gasteiger partial charge >= 0.3 is 0 Å². The fourth-order valence-corrected chi connectivity index (χ4v) is 1.80. The van der Waals surface area contributed by atoms with Crippen LogP contribution in [0.2, 0.25) is 0 Å². The van der Waals surface area contributed by atoms with Crippen molar-refractivity contribution < 1.29 is 0 Å². The molecule has 0 amide bonds. The monoisotopic (exact) mass is 243 g/mol. The molecule has 0 spiro atoms. The van der Waals surface area contributed by atoms with Crippen LogP contribution in [0.5, 0.6) is 0 Å². The Bertz CT molecular complexity index is 573. The number of anilines is 1. The average molecular weight is 243 g/mol. The largest absolute Gasteiger partial charge is 0.396 e. The maximum absolute atomic E-state index is 8.81. The third-order valence-electron chi connectivity index (χ3n) is 1.96. The molecule has 0 aromatic carbocycles. The Morgan fingerprint density at radius 3 is 2.65 bits per heavy atom. The molecule has 17 heavy (non-hydrogen) atoms. The number of nitriles is 1. The highest BCUT2D eigenvalue weighted by atomic mass is 32.2. The molecule has 5 nitrogen and oxygen atoms in total. The molecule has 2 aromatic heterocycles. The Labute approximate surface area is 103 Å². The zero-order valence-corrected chi connectivity index (χ0v) is 9.90. The summed E-state index contributed by atoms with van der Waals surface area (Å²) in [5.41, 5.74) is 7.19. The predicted molar refractivity (Wildman–Crippen MR) is 64.3 cm³/mol. The smallest absolute Gasteiger partial charge is 0.193 e. The van der Waals surface area contributed by atoms with E-state index in [2.05, 4.69) is 15.0 Å². The van der Waals surface area contributed by atoms with E-state index in [-0.39, 0.29) is 5.69 Å². The molecule has 6 heteroatoms. The molecule has 0 unspecified atom stereocenters. The molecule has 0 saturated heterocycles. The highest BCUT2D eigenvalue weighted by molar-refractivity contribution is 7.99. The highest BCUT2D eigenvalue weighted by Crippen LogP contribution is 2.23. The summed E-state index contributed by atoms with van der Waals surface area (Å²) in [6.07, 6.45) is 3.47. The first-order valence-corrected chi connectivity index (χ1v) is 5.64. The van der Waals surface area contributed by atoms with Gasteiger partial charge in [-0.25, -0.2) is 15.0 Å². The second kappa shape index (κ2) is 4.80. The number of aromatic nitrogens is 3. The van der Waals surface area contributed by atoms with Crippen molar-refractivity contribution in [1.29, 1.82) is 5.26 Å².